The normalized spacial score (nSPS) is 19.5. The number of anilines is 1. The smallest absolute Gasteiger partial charge is 0.251 e. The van der Waals surface area contributed by atoms with Crippen LogP contribution in [0.25, 0.3) is 10.2 Å². The van der Waals surface area contributed by atoms with Crippen LogP contribution in [0.4, 0.5) is 5.13 Å². The second-order valence-electron chi connectivity index (χ2n) is 9.90. The number of benzene rings is 2. The van der Waals surface area contributed by atoms with Crippen molar-refractivity contribution in [2.45, 2.75) is 37.1 Å². The van der Waals surface area contributed by atoms with Gasteiger partial charge in [-0.25, -0.2) is 13.4 Å². The largest absolute Gasteiger partial charge is 0.497 e. The highest BCUT2D eigenvalue weighted by molar-refractivity contribution is 7.89. The van der Waals surface area contributed by atoms with Gasteiger partial charge < -0.3 is 15.0 Å². The maximum Gasteiger partial charge on any atom is 0.251 e. The summed E-state index contributed by atoms with van der Waals surface area (Å²) in [6.07, 6.45) is 2.82. The number of piperidine rings is 1. The van der Waals surface area contributed by atoms with E-state index < -0.39 is 10.0 Å². The third-order valence-corrected chi connectivity index (χ3v) is 10.5. The van der Waals surface area contributed by atoms with E-state index in [1.807, 2.05) is 25.1 Å². The van der Waals surface area contributed by atoms with Crippen molar-refractivity contribution in [3.05, 3.63) is 48.0 Å². The van der Waals surface area contributed by atoms with Gasteiger partial charge in [0.2, 0.25) is 10.0 Å². The maximum absolute atomic E-state index is 13.0. The Morgan fingerprint density at radius 2 is 1.84 bits per heavy atom. The van der Waals surface area contributed by atoms with Gasteiger partial charge in [0.1, 0.15) is 5.75 Å². The molecule has 9 nitrogen and oxygen atoms in total. The molecular formula is C27H35N5O4S2. The summed E-state index contributed by atoms with van der Waals surface area (Å²) in [4.78, 5) is 22.3. The number of sulfonamides is 1. The molecule has 0 saturated carbocycles. The second kappa shape index (κ2) is 11.6. The summed E-state index contributed by atoms with van der Waals surface area (Å²) in [5.41, 5.74) is 1.45. The Labute approximate surface area is 228 Å². The van der Waals surface area contributed by atoms with Gasteiger partial charge in [-0.3, -0.25) is 9.69 Å². The Hall–Kier alpha value is -2.73. The van der Waals surface area contributed by atoms with Gasteiger partial charge in [0.15, 0.2) is 5.13 Å². The van der Waals surface area contributed by atoms with Crippen molar-refractivity contribution in [1.29, 1.82) is 0 Å². The molecule has 1 atom stereocenters. The zero-order valence-corrected chi connectivity index (χ0v) is 23.6. The molecule has 1 N–H and O–H groups in total. The van der Waals surface area contributed by atoms with Gasteiger partial charge in [-0.15, -0.1) is 0 Å². The number of carbonyl (C=O) groups excluding carboxylic acids is 1. The zero-order valence-electron chi connectivity index (χ0n) is 21.9. The fourth-order valence-corrected chi connectivity index (χ4v) is 7.84. The first kappa shape index (κ1) is 26.9. The van der Waals surface area contributed by atoms with Crippen LogP contribution in [0.2, 0.25) is 0 Å². The minimum Gasteiger partial charge on any atom is -0.497 e. The molecule has 0 bridgehead atoms. The molecule has 2 aliphatic heterocycles. The molecule has 1 unspecified atom stereocenters. The summed E-state index contributed by atoms with van der Waals surface area (Å²) < 4.78 is 34.1. The molecule has 5 rings (SSSR count). The van der Waals surface area contributed by atoms with Gasteiger partial charge in [-0.1, -0.05) is 17.8 Å². The highest BCUT2D eigenvalue weighted by Gasteiger charge is 2.31. The molecule has 204 valence electrons. The van der Waals surface area contributed by atoms with E-state index in [2.05, 4.69) is 15.1 Å². The fourth-order valence-electron chi connectivity index (χ4n) is 5.09. The summed E-state index contributed by atoms with van der Waals surface area (Å²) in [7, 11) is -1.87. The lowest BCUT2D eigenvalue weighted by Gasteiger charge is -2.34. The summed E-state index contributed by atoms with van der Waals surface area (Å²) in [5.74, 6) is 0.649. The van der Waals surface area contributed by atoms with Gasteiger partial charge >= 0.3 is 0 Å². The SMILES string of the molecule is COc1ccc2nc(N3CCN(CCNC(=O)c4ccc(S(=O)(=O)N5CCCCC5C)cc4)CC3)sc2c1. The Balaban J connectivity index is 1.08. The Bertz CT molecular complexity index is 1370. The number of amides is 1. The lowest BCUT2D eigenvalue weighted by molar-refractivity contribution is 0.0947. The Morgan fingerprint density at radius 1 is 1.08 bits per heavy atom. The van der Waals surface area contributed by atoms with E-state index in [0.717, 1.165) is 73.1 Å². The number of nitrogens with one attached hydrogen (secondary N) is 1. The molecule has 2 aromatic carbocycles. The number of methoxy groups -OCH3 is 1. The molecule has 0 radical (unpaired) electrons. The number of nitrogens with zero attached hydrogens (tertiary/aromatic N) is 4. The lowest BCUT2D eigenvalue weighted by Crippen LogP contribution is -2.48. The van der Waals surface area contributed by atoms with E-state index in [0.29, 0.717) is 18.7 Å². The predicted octanol–water partition coefficient (Wildman–Crippen LogP) is 3.42. The number of hydrogen-bond donors (Lipinski definition) is 1. The zero-order chi connectivity index (χ0) is 26.7. The van der Waals surface area contributed by atoms with Crippen molar-refractivity contribution < 1.29 is 17.9 Å². The molecule has 0 aliphatic carbocycles. The van der Waals surface area contributed by atoms with Crippen LogP contribution >= 0.6 is 11.3 Å². The van der Waals surface area contributed by atoms with Crippen molar-refractivity contribution in [3.8, 4) is 5.75 Å². The molecule has 2 fully saturated rings. The highest BCUT2D eigenvalue weighted by atomic mass is 32.2. The summed E-state index contributed by atoms with van der Waals surface area (Å²) in [6.45, 7) is 7.37. The number of carbonyl (C=O) groups is 1. The number of piperazine rings is 1. The average molecular weight is 558 g/mol. The minimum atomic E-state index is -3.54. The monoisotopic (exact) mass is 557 g/mol. The van der Waals surface area contributed by atoms with E-state index in [9.17, 15) is 13.2 Å². The molecule has 2 aliphatic rings. The molecule has 11 heteroatoms. The highest BCUT2D eigenvalue weighted by Crippen LogP contribution is 2.32. The van der Waals surface area contributed by atoms with Gasteiger partial charge in [0.05, 0.1) is 22.2 Å². The van der Waals surface area contributed by atoms with E-state index in [-0.39, 0.29) is 16.8 Å². The fraction of sp³-hybridized carbons (Fsp3) is 0.481. The van der Waals surface area contributed by atoms with Crippen LogP contribution in [-0.4, -0.2) is 87.5 Å². The van der Waals surface area contributed by atoms with Crippen molar-refractivity contribution in [3.63, 3.8) is 0 Å². The van der Waals surface area contributed by atoms with Crippen LogP contribution in [0.15, 0.2) is 47.4 Å². The van der Waals surface area contributed by atoms with E-state index in [1.54, 1.807) is 47.0 Å². The van der Waals surface area contributed by atoms with Crippen LogP contribution < -0.4 is 15.0 Å². The minimum absolute atomic E-state index is 0.00362. The molecule has 1 amide bonds. The Morgan fingerprint density at radius 3 is 2.55 bits per heavy atom. The average Bonchev–Trinajstić information content (AvgIpc) is 3.37. The van der Waals surface area contributed by atoms with Crippen molar-refractivity contribution in [2.75, 3.05) is 57.8 Å². The first-order valence-corrected chi connectivity index (χ1v) is 15.4. The number of fused-ring (bicyclic) bond motifs is 1. The van der Waals surface area contributed by atoms with Crippen LogP contribution in [0.5, 0.6) is 5.75 Å². The number of ether oxygens (including phenoxy) is 1. The molecule has 38 heavy (non-hydrogen) atoms. The van der Waals surface area contributed by atoms with E-state index >= 15 is 0 Å². The molecule has 2 saturated heterocycles. The third-order valence-electron chi connectivity index (χ3n) is 7.41. The number of rotatable bonds is 8. The standard InChI is InChI=1S/C27H35N5O4S2/c1-20-5-3-4-13-32(20)38(34,35)23-9-6-21(7-10-23)26(33)28-12-14-30-15-17-31(18-16-30)27-29-24-11-8-22(36-2)19-25(24)37-27/h6-11,19-20H,3-5,12-18H2,1-2H3,(H,28,33). The summed E-state index contributed by atoms with van der Waals surface area (Å²) >= 11 is 1.68. The molecule has 3 heterocycles. The number of thiazole rings is 1. The molecule has 1 aromatic heterocycles. The Kier molecular flexibility index (Phi) is 8.18. The van der Waals surface area contributed by atoms with E-state index in [1.165, 1.54) is 0 Å². The molecule has 0 spiro atoms. The second-order valence-corrected chi connectivity index (χ2v) is 12.8. The van der Waals surface area contributed by atoms with Crippen molar-refractivity contribution in [1.82, 2.24) is 19.5 Å². The summed E-state index contributed by atoms with van der Waals surface area (Å²) in [6, 6.07) is 12.2. The van der Waals surface area contributed by atoms with E-state index in [4.69, 9.17) is 9.72 Å². The third kappa shape index (κ3) is 5.80. The van der Waals surface area contributed by atoms with Gasteiger partial charge in [-0.05, 0) is 62.2 Å². The van der Waals surface area contributed by atoms with Crippen molar-refractivity contribution in [2.24, 2.45) is 0 Å². The summed E-state index contributed by atoms with van der Waals surface area (Å²) in [5, 5.41) is 4.00. The van der Waals surface area contributed by atoms with Crippen LogP contribution in [0, 0.1) is 0 Å². The topological polar surface area (TPSA) is 95.1 Å². The molecular weight excluding hydrogens is 522 g/mol. The number of hydrogen-bond acceptors (Lipinski definition) is 8. The van der Waals surface area contributed by atoms with Crippen LogP contribution in [0.3, 0.4) is 0 Å². The first-order chi connectivity index (χ1) is 18.3. The van der Waals surface area contributed by atoms with Crippen LogP contribution in [-0.2, 0) is 10.0 Å². The quantitative estimate of drug-likeness (QED) is 0.454. The maximum atomic E-state index is 13.0. The molecule has 3 aromatic rings. The predicted molar refractivity (Wildman–Crippen MR) is 151 cm³/mol. The van der Waals surface area contributed by atoms with Gasteiger partial charge in [0.25, 0.3) is 5.91 Å². The van der Waals surface area contributed by atoms with Crippen LogP contribution in [0.1, 0.15) is 36.5 Å². The van der Waals surface area contributed by atoms with Gasteiger partial charge in [-0.2, -0.15) is 4.31 Å². The lowest BCUT2D eigenvalue weighted by atomic mass is 10.1. The van der Waals surface area contributed by atoms with Gasteiger partial charge in [0, 0.05) is 57.4 Å². The first-order valence-electron chi connectivity index (χ1n) is 13.2. The number of aromatic nitrogens is 1. The van der Waals surface area contributed by atoms with Crippen molar-refractivity contribution >= 4 is 42.6 Å².